The fourth-order valence-corrected chi connectivity index (χ4v) is 1.98. The first-order chi connectivity index (χ1) is 10.1. The van der Waals surface area contributed by atoms with Crippen molar-refractivity contribution in [1.29, 1.82) is 0 Å². The summed E-state index contributed by atoms with van der Waals surface area (Å²) >= 11 is 0. The second kappa shape index (κ2) is 11.8. The smallest absolute Gasteiger partial charge is 0.303 e. The highest BCUT2D eigenvalue weighted by Gasteiger charge is 2.31. The molecule has 0 heterocycles. The molecule has 0 fully saturated rings. The minimum atomic E-state index is -5.01. The van der Waals surface area contributed by atoms with E-state index in [4.69, 9.17) is 53.2 Å². The summed E-state index contributed by atoms with van der Waals surface area (Å²) < 4.78 is 46.5. The average molecular weight is 442 g/mol. The van der Waals surface area contributed by atoms with Crippen molar-refractivity contribution in [2.75, 3.05) is 6.61 Å². The minimum Gasteiger partial charge on any atom is -0.303 e. The van der Waals surface area contributed by atoms with Gasteiger partial charge in [-0.2, -0.15) is 4.31 Å². The van der Waals surface area contributed by atoms with Crippen LogP contribution in [0.25, 0.3) is 0 Å². The van der Waals surface area contributed by atoms with Gasteiger partial charge in [0.2, 0.25) is 0 Å². The SMILES string of the molecule is CC(C)=CCOP(=O)(O)OP(=O)(O)O.O=P(O)(O)O.O=P(O)(O)O. The van der Waals surface area contributed by atoms with Crippen LogP contribution in [0.5, 0.6) is 0 Å². The summed E-state index contributed by atoms with van der Waals surface area (Å²) in [6.07, 6.45) is 1.46. The van der Waals surface area contributed by atoms with E-state index in [-0.39, 0.29) is 6.61 Å². The summed E-state index contributed by atoms with van der Waals surface area (Å²) in [6.45, 7) is 3.21. The van der Waals surface area contributed by atoms with E-state index in [9.17, 15) is 9.13 Å². The van der Waals surface area contributed by atoms with E-state index < -0.39 is 31.3 Å². The Labute approximate surface area is 135 Å². The molecule has 0 rings (SSSR count). The van der Waals surface area contributed by atoms with Gasteiger partial charge in [0.05, 0.1) is 6.61 Å². The fourth-order valence-electron chi connectivity index (χ4n) is 0.456. The Morgan fingerprint density at radius 1 is 0.792 bits per heavy atom. The Morgan fingerprint density at radius 3 is 1.29 bits per heavy atom. The average Bonchev–Trinajstić information content (AvgIpc) is 2.04. The number of phosphoric acid groups is 4. The Bertz CT molecular complexity index is 522. The molecule has 9 N–H and O–H groups in total. The molecule has 0 aromatic carbocycles. The lowest BCUT2D eigenvalue weighted by Crippen LogP contribution is -1.94. The Balaban J connectivity index is -0.000000361. The van der Waals surface area contributed by atoms with Crippen LogP contribution in [0.3, 0.4) is 0 Å². The van der Waals surface area contributed by atoms with Crippen LogP contribution in [0.2, 0.25) is 0 Å². The lowest BCUT2D eigenvalue weighted by atomic mass is 10.3. The standard InChI is InChI=1S/C5H12O7P2.2H3O4P/c1-5(2)3-4-11-14(9,10)12-13(6,7)8;2*1-5(2,3)4/h3H,4H2,1-2H3,(H,9,10)(H2,6,7,8);2*(H3,1,2,3,4). The van der Waals surface area contributed by atoms with E-state index in [1.165, 1.54) is 6.08 Å². The third kappa shape index (κ3) is 57.2. The number of hydrogen-bond acceptors (Lipinski definition) is 6. The van der Waals surface area contributed by atoms with Gasteiger partial charge in [0.1, 0.15) is 0 Å². The summed E-state index contributed by atoms with van der Waals surface area (Å²) in [5.41, 5.74) is 0.834. The Morgan fingerprint density at radius 2 is 1.08 bits per heavy atom. The molecule has 0 saturated carbocycles. The van der Waals surface area contributed by atoms with Crippen molar-refractivity contribution >= 4 is 31.3 Å². The van der Waals surface area contributed by atoms with E-state index in [1.807, 2.05) is 0 Å². The molecular weight excluding hydrogens is 424 g/mol. The molecule has 19 heteroatoms. The molecule has 1 unspecified atom stereocenters. The summed E-state index contributed by atoms with van der Waals surface area (Å²) in [4.78, 5) is 68.3. The highest BCUT2D eigenvalue weighted by atomic mass is 31.3. The van der Waals surface area contributed by atoms with Gasteiger partial charge in [-0.15, -0.1) is 0 Å². The number of rotatable bonds is 5. The van der Waals surface area contributed by atoms with Crippen LogP contribution in [0.1, 0.15) is 13.8 Å². The van der Waals surface area contributed by atoms with E-state index in [0.29, 0.717) is 0 Å². The zero-order chi connectivity index (χ0) is 20.4. The maximum absolute atomic E-state index is 10.8. The third-order valence-electron chi connectivity index (χ3n) is 0.939. The second-order valence-corrected chi connectivity index (χ2v) is 8.53. The summed E-state index contributed by atoms with van der Waals surface area (Å²) in [5, 5.41) is 0. The zero-order valence-electron chi connectivity index (χ0n) is 12.0. The van der Waals surface area contributed by atoms with Gasteiger partial charge in [0, 0.05) is 0 Å². The molecule has 0 radical (unpaired) electrons. The lowest BCUT2D eigenvalue weighted by molar-refractivity contribution is 0.191. The van der Waals surface area contributed by atoms with Gasteiger partial charge in [-0.1, -0.05) is 11.6 Å². The van der Waals surface area contributed by atoms with Crippen molar-refractivity contribution in [2.24, 2.45) is 0 Å². The highest BCUT2D eigenvalue weighted by Crippen LogP contribution is 2.57. The monoisotopic (exact) mass is 442 g/mol. The molecule has 0 aliphatic heterocycles. The zero-order valence-corrected chi connectivity index (χ0v) is 15.6. The molecule has 0 amide bonds. The largest absolute Gasteiger partial charge is 0.481 e. The first-order valence-electron chi connectivity index (χ1n) is 5.06. The third-order valence-corrected chi connectivity index (χ3v) is 3.09. The Kier molecular flexibility index (Phi) is 14.2. The number of phosphoric ester groups is 1. The maximum Gasteiger partial charge on any atom is 0.481 e. The minimum absolute atomic E-state index is 0.254. The molecule has 0 aliphatic rings. The molecule has 0 bridgehead atoms. The predicted molar refractivity (Wildman–Crippen MR) is 76.9 cm³/mol. The summed E-state index contributed by atoms with van der Waals surface area (Å²) in [7, 11) is -19.0. The van der Waals surface area contributed by atoms with Crippen LogP contribution >= 0.6 is 31.3 Å². The van der Waals surface area contributed by atoms with Crippen molar-refractivity contribution < 1.29 is 71.1 Å². The first-order valence-corrected chi connectivity index (χ1v) is 11.2. The normalized spacial score (nSPS) is 14.3. The molecule has 0 aromatic rings. The van der Waals surface area contributed by atoms with Gasteiger partial charge in [-0.05, 0) is 13.8 Å². The van der Waals surface area contributed by atoms with Crippen molar-refractivity contribution in [3.05, 3.63) is 11.6 Å². The number of hydrogen-bond donors (Lipinski definition) is 9. The highest BCUT2D eigenvalue weighted by molar-refractivity contribution is 7.60. The molecular formula is C5H18O15P4. The van der Waals surface area contributed by atoms with Crippen LogP contribution < -0.4 is 0 Å². The first kappa shape index (κ1) is 29.0. The molecule has 0 saturated heterocycles. The molecule has 0 aromatic heterocycles. The van der Waals surface area contributed by atoms with Gasteiger partial charge in [0.15, 0.2) is 0 Å². The summed E-state index contributed by atoms with van der Waals surface area (Å²) in [6, 6.07) is 0. The molecule has 148 valence electrons. The van der Waals surface area contributed by atoms with Gasteiger partial charge < -0.3 is 44.0 Å². The van der Waals surface area contributed by atoms with Crippen LogP contribution in [-0.4, -0.2) is 50.6 Å². The number of allylic oxidation sites excluding steroid dienone is 1. The molecule has 0 spiro atoms. The predicted octanol–water partition coefficient (Wildman–Crippen LogP) is -0.678. The second-order valence-electron chi connectivity index (χ2n) is 3.64. The maximum atomic E-state index is 10.8. The van der Waals surface area contributed by atoms with Crippen LogP contribution in [-0.2, 0) is 27.1 Å². The van der Waals surface area contributed by atoms with E-state index in [2.05, 4.69) is 8.83 Å². The van der Waals surface area contributed by atoms with Crippen molar-refractivity contribution in [3.63, 3.8) is 0 Å². The molecule has 0 aliphatic carbocycles. The van der Waals surface area contributed by atoms with E-state index >= 15 is 0 Å². The molecule has 24 heavy (non-hydrogen) atoms. The van der Waals surface area contributed by atoms with Gasteiger partial charge >= 0.3 is 31.3 Å². The lowest BCUT2D eigenvalue weighted by Gasteiger charge is -2.10. The van der Waals surface area contributed by atoms with Crippen molar-refractivity contribution in [1.82, 2.24) is 0 Å². The van der Waals surface area contributed by atoms with Crippen molar-refractivity contribution in [2.45, 2.75) is 13.8 Å². The van der Waals surface area contributed by atoms with Gasteiger partial charge in [-0.25, -0.2) is 18.3 Å². The van der Waals surface area contributed by atoms with Crippen LogP contribution in [0, 0.1) is 0 Å². The fraction of sp³-hybridized carbons (Fsp3) is 0.600. The van der Waals surface area contributed by atoms with Crippen LogP contribution in [0.15, 0.2) is 11.6 Å². The van der Waals surface area contributed by atoms with E-state index in [1.54, 1.807) is 13.8 Å². The van der Waals surface area contributed by atoms with Gasteiger partial charge in [0.25, 0.3) is 0 Å². The molecule has 1 atom stereocenters. The van der Waals surface area contributed by atoms with Crippen LogP contribution in [0.4, 0.5) is 0 Å². The topological polar surface area (TPSA) is 269 Å². The van der Waals surface area contributed by atoms with E-state index in [0.717, 1.165) is 5.57 Å². The molecule has 15 nitrogen and oxygen atoms in total. The van der Waals surface area contributed by atoms with Crippen molar-refractivity contribution in [3.8, 4) is 0 Å². The summed E-state index contributed by atoms with van der Waals surface area (Å²) in [5.74, 6) is 0. The quantitative estimate of drug-likeness (QED) is 0.188. The van der Waals surface area contributed by atoms with Gasteiger partial charge in [-0.3, -0.25) is 4.52 Å². The Hall–Kier alpha value is 0.220.